The van der Waals surface area contributed by atoms with Crippen LogP contribution >= 0.6 is 0 Å². The Kier molecular flexibility index (Phi) is 4.45. The Balaban J connectivity index is 3.77. The van der Waals surface area contributed by atoms with E-state index in [1.165, 1.54) is 0 Å². The van der Waals surface area contributed by atoms with Crippen LogP contribution < -0.4 is 5.48 Å². The van der Waals surface area contributed by atoms with Crippen LogP contribution in [0.25, 0.3) is 0 Å². The predicted molar refractivity (Wildman–Crippen MR) is 48.6 cm³/mol. The van der Waals surface area contributed by atoms with Crippen molar-refractivity contribution in [2.45, 2.75) is 40.5 Å². The minimum atomic E-state index is -0.584. The summed E-state index contributed by atoms with van der Waals surface area (Å²) in [5.74, 6) is -0.697. The Morgan fingerprint density at radius 1 is 1.31 bits per heavy atom. The second-order valence-electron chi connectivity index (χ2n) is 3.91. The lowest BCUT2D eigenvalue weighted by Crippen LogP contribution is -2.32. The highest BCUT2D eigenvalue weighted by atomic mass is 16.7. The average molecular weight is 187 g/mol. The molecular formula is C9H17NO3. The molecule has 0 unspecified atom stereocenters. The fourth-order valence-electron chi connectivity index (χ4n) is 0.534. The molecule has 0 aromatic rings. The molecule has 0 aliphatic carbocycles. The van der Waals surface area contributed by atoms with Crippen molar-refractivity contribution in [3.05, 3.63) is 0 Å². The van der Waals surface area contributed by atoms with E-state index in [4.69, 9.17) is 0 Å². The van der Waals surface area contributed by atoms with E-state index in [0.717, 1.165) is 6.42 Å². The monoisotopic (exact) mass is 187 g/mol. The summed E-state index contributed by atoms with van der Waals surface area (Å²) >= 11 is 0. The molecule has 0 radical (unpaired) electrons. The van der Waals surface area contributed by atoms with E-state index in [2.05, 4.69) is 10.3 Å². The molecule has 0 saturated heterocycles. The van der Waals surface area contributed by atoms with Gasteiger partial charge in [-0.2, -0.15) is 5.48 Å². The standard InChI is InChI=1S/C9H17NO3/c1-5-6-7(11)10-13-8(12)9(2,3)4/h5-6H2,1-4H3,(H,10,11). The Bertz CT molecular complexity index is 194. The first kappa shape index (κ1) is 11.9. The van der Waals surface area contributed by atoms with Crippen LogP contribution in [0.5, 0.6) is 0 Å². The van der Waals surface area contributed by atoms with Gasteiger partial charge in [-0.05, 0) is 27.2 Å². The van der Waals surface area contributed by atoms with Crippen molar-refractivity contribution in [3.63, 3.8) is 0 Å². The number of rotatable bonds is 2. The normalized spacial score (nSPS) is 10.8. The Morgan fingerprint density at radius 3 is 2.23 bits per heavy atom. The maximum Gasteiger partial charge on any atom is 0.337 e. The van der Waals surface area contributed by atoms with Crippen molar-refractivity contribution in [3.8, 4) is 0 Å². The van der Waals surface area contributed by atoms with Crippen molar-refractivity contribution in [2.75, 3.05) is 0 Å². The van der Waals surface area contributed by atoms with E-state index in [1.807, 2.05) is 6.92 Å². The molecule has 0 spiro atoms. The molecule has 0 aliphatic heterocycles. The zero-order valence-corrected chi connectivity index (χ0v) is 8.64. The predicted octanol–water partition coefficient (Wildman–Crippen LogP) is 1.41. The number of hydrogen-bond acceptors (Lipinski definition) is 3. The summed E-state index contributed by atoms with van der Waals surface area (Å²) in [5, 5.41) is 0. The third-order valence-electron chi connectivity index (χ3n) is 1.35. The van der Waals surface area contributed by atoms with E-state index >= 15 is 0 Å². The highest BCUT2D eigenvalue weighted by Crippen LogP contribution is 2.13. The number of nitrogens with one attached hydrogen (secondary N) is 1. The number of carbonyl (C=O) groups excluding carboxylic acids is 2. The van der Waals surface area contributed by atoms with E-state index in [1.54, 1.807) is 20.8 Å². The van der Waals surface area contributed by atoms with Gasteiger partial charge in [0.25, 0.3) is 5.91 Å². The third kappa shape index (κ3) is 5.22. The summed E-state index contributed by atoms with van der Waals surface area (Å²) in [5.41, 5.74) is 1.52. The SMILES string of the molecule is CCCC(=O)NOC(=O)C(C)(C)C. The fraction of sp³-hybridized carbons (Fsp3) is 0.778. The van der Waals surface area contributed by atoms with Crippen LogP contribution in [0.3, 0.4) is 0 Å². The van der Waals surface area contributed by atoms with Crippen molar-refractivity contribution in [1.82, 2.24) is 5.48 Å². The van der Waals surface area contributed by atoms with Crippen molar-refractivity contribution in [2.24, 2.45) is 5.41 Å². The molecule has 0 atom stereocenters. The van der Waals surface area contributed by atoms with Gasteiger partial charge in [-0.1, -0.05) is 6.92 Å². The molecule has 0 aromatic heterocycles. The molecule has 1 N–H and O–H groups in total. The van der Waals surface area contributed by atoms with Gasteiger partial charge >= 0.3 is 5.97 Å². The van der Waals surface area contributed by atoms with E-state index in [-0.39, 0.29) is 5.91 Å². The van der Waals surface area contributed by atoms with Crippen LogP contribution in [-0.2, 0) is 14.4 Å². The van der Waals surface area contributed by atoms with Gasteiger partial charge in [0.1, 0.15) is 0 Å². The maximum absolute atomic E-state index is 11.1. The lowest BCUT2D eigenvalue weighted by atomic mass is 9.98. The maximum atomic E-state index is 11.1. The molecule has 1 amide bonds. The molecule has 0 aromatic carbocycles. The van der Waals surface area contributed by atoms with Gasteiger partial charge in [0.15, 0.2) is 0 Å². The molecule has 4 nitrogen and oxygen atoms in total. The molecule has 76 valence electrons. The van der Waals surface area contributed by atoms with Crippen LogP contribution in [0.1, 0.15) is 40.5 Å². The highest BCUT2D eigenvalue weighted by molar-refractivity contribution is 5.79. The quantitative estimate of drug-likeness (QED) is 0.665. The second-order valence-corrected chi connectivity index (χ2v) is 3.91. The summed E-state index contributed by atoms with van der Waals surface area (Å²) in [4.78, 5) is 26.6. The van der Waals surface area contributed by atoms with Gasteiger partial charge in [-0.3, -0.25) is 4.79 Å². The Morgan fingerprint density at radius 2 is 1.85 bits per heavy atom. The molecule has 0 fully saturated rings. The molecular weight excluding hydrogens is 170 g/mol. The molecule has 0 aliphatic rings. The van der Waals surface area contributed by atoms with Crippen molar-refractivity contribution >= 4 is 11.9 Å². The molecule has 0 rings (SSSR count). The van der Waals surface area contributed by atoms with E-state index in [9.17, 15) is 9.59 Å². The third-order valence-corrected chi connectivity index (χ3v) is 1.35. The van der Waals surface area contributed by atoms with Crippen LogP contribution in [-0.4, -0.2) is 11.9 Å². The number of hydrogen-bond donors (Lipinski definition) is 1. The van der Waals surface area contributed by atoms with Crippen LogP contribution in [0, 0.1) is 5.41 Å². The summed E-state index contributed by atoms with van der Waals surface area (Å²) < 4.78 is 0. The first-order valence-electron chi connectivity index (χ1n) is 4.38. The van der Waals surface area contributed by atoms with Crippen LogP contribution in [0.15, 0.2) is 0 Å². The average Bonchev–Trinajstić information content (AvgIpc) is 1.99. The zero-order chi connectivity index (χ0) is 10.5. The van der Waals surface area contributed by atoms with Gasteiger partial charge in [-0.25, -0.2) is 4.79 Å². The smallest absolute Gasteiger partial charge is 0.337 e. The van der Waals surface area contributed by atoms with Crippen molar-refractivity contribution in [1.29, 1.82) is 0 Å². The summed E-state index contributed by atoms with van der Waals surface area (Å²) in [6, 6.07) is 0. The number of amides is 1. The minimum absolute atomic E-state index is 0.264. The lowest BCUT2D eigenvalue weighted by Gasteiger charge is -2.15. The molecule has 13 heavy (non-hydrogen) atoms. The van der Waals surface area contributed by atoms with Gasteiger partial charge in [-0.15, -0.1) is 0 Å². The zero-order valence-electron chi connectivity index (χ0n) is 8.64. The fourth-order valence-corrected chi connectivity index (χ4v) is 0.534. The van der Waals surface area contributed by atoms with E-state index in [0.29, 0.717) is 6.42 Å². The summed E-state index contributed by atoms with van der Waals surface area (Å²) in [6.07, 6.45) is 1.11. The number of hydroxylamine groups is 1. The molecule has 4 heteroatoms. The largest absolute Gasteiger partial charge is 0.340 e. The topological polar surface area (TPSA) is 55.4 Å². The highest BCUT2D eigenvalue weighted by Gasteiger charge is 2.24. The minimum Gasteiger partial charge on any atom is -0.340 e. The van der Waals surface area contributed by atoms with Crippen LogP contribution in [0.2, 0.25) is 0 Å². The Hall–Kier alpha value is -1.06. The summed E-state index contributed by atoms with van der Waals surface area (Å²) in [6.45, 7) is 7.05. The van der Waals surface area contributed by atoms with Crippen LogP contribution in [0.4, 0.5) is 0 Å². The molecule has 0 heterocycles. The second kappa shape index (κ2) is 4.84. The van der Waals surface area contributed by atoms with Gasteiger partial charge < -0.3 is 4.84 Å². The first-order chi connectivity index (χ1) is 5.88. The lowest BCUT2D eigenvalue weighted by molar-refractivity contribution is -0.166. The molecule has 0 saturated carbocycles. The summed E-state index contributed by atoms with van der Waals surface area (Å²) in [7, 11) is 0. The first-order valence-corrected chi connectivity index (χ1v) is 4.38. The number of carbonyl (C=O) groups is 2. The van der Waals surface area contributed by atoms with Gasteiger partial charge in [0.2, 0.25) is 0 Å². The molecule has 0 bridgehead atoms. The van der Waals surface area contributed by atoms with Gasteiger partial charge in [0, 0.05) is 6.42 Å². The van der Waals surface area contributed by atoms with E-state index < -0.39 is 11.4 Å². The van der Waals surface area contributed by atoms with Crippen molar-refractivity contribution < 1.29 is 14.4 Å². The van der Waals surface area contributed by atoms with Gasteiger partial charge in [0.05, 0.1) is 5.41 Å². The Labute approximate surface area is 78.6 Å².